The van der Waals surface area contributed by atoms with E-state index in [1.165, 1.54) is 0 Å². The summed E-state index contributed by atoms with van der Waals surface area (Å²) in [5, 5.41) is 14.9. The molecule has 4 aromatic rings. The minimum absolute atomic E-state index is 0.106. The molecular formula is C29H34ClN7O2. The molecular weight excluding hydrogens is 514 g/mol. The van der Waals surface area contributed by atoms with Crippen molar-refractivity contribution < 1.29 is 9.53 Å². The molecule has 204 valence electrons. The van der Waals surface area contributed by atoms with Crippen LogP contribution in [0.15, 0.2) is 48.5 Å². The molecule has 2 aromatic carbocycles. The Kier molecular flexibility index (Phi) is 8.68. The fourth-order valence-corrected chi connectivity index (χ4v) is 5.38. The Labute approximate surface area is 233 Å². The Morgan fingerprint density at radius 3 is 2.64 bits per heavy atom. The highest BCUT2D eigenvalue weighted by Crippen LogP contribution is 2.30. The molecule has 3 heterocycles. The molecule has 0 aliphatic carbocycles. The van der Waals surface area contributed by atoms with Gasteiger partial charge in [0, 0.05) is 24.6 Å². The summed E-state index contributed by atoms with van der Waals surface area (Å²) in [6.45, 7) is 6.24. The van der Waals surface area contributed by atoms with Gasteiger partial charge in [-0.2, -0.15) is 5.21 Å². The number of aromatic amines is 1. The van der Waals surface area contributed by atoms with Gasteiger partial charge in [0.1, 0.15) is 12.4 Å². The van der Waals surface area contributed by atoms with Gasteiger partial charge in [-0.25, -0.2) is 4.98 Å². The standard InChI is InChI=1S/C29H34ClN7O2/c1-3-4-11-26-31-28(30)25(19-39-27(38)18-36-16-7-8-20(36)2)37(26)17-21-12-14-22(15-13-21)23-9-5-6-10-24(23)29-32-34-35-33-29/h5-6,9-10,12-15,20H,3-4,7-8,11,16-19H2,1-2H3,(H,32,33,34,35). The second kappa shape index (κ2) is 12.5. The van der Waals surface area contributed by atoms with E-state index in [0.717, 1.165) is 72.4 Å². The maximum Gasteiger partial charge on any atom is 0.320 e. The van der Waals surface area contributed by atoms with Crippen molar-refractivity contribution in [2.45, 2.75) is 65.1 Å². The zero-order chi connectivity index (χ0) is 27.2. The largest absolute Gasteiger partial charge is 0.458 e. The molecule has 1 fully saturated rings. The number of nitrogens with one attached hydrogen (secondary N) is 1. The maximum atomic E-state index is 12.6. The van der Waals surface area contributed by atoms with Crippen LogP contribution in [0.4, 0.5) is 0 Å². The molecule has 10 heteroatoms. The number of aromatic nitrogens is 6. The van der Waals surface area contributed by atoms with Gasteiger partial charge in [0.2, 0.25) is 5.82 Å². The number of nitrogens with zero attached hydrogens (tertiary/aromatic N) is 6. The van der Waals surface area contributed by atoms with Crippen LogP contribution in [-0.4, -0.2) is 60.2 Å². The molecule has 0 spiro atoms. The zero-order valence-corrected chi connectivity index (χ0v) is 23.2. The summed E-state index contributed by atoms with van der Waals surface area (Å²) in [6.07, 6.45) is 5.11. The fourth-order valence-electron chi connectivity index (χ4n) is 5.12. The van der Waals surface area contributed by atoms with E-state index in [1.807, 2.05) is 18.2 Å². The number of likely N-dealkylation sites (tertiary alicyclic amines) is 1. The number of H-pyrrole nitrogens is 1. The number of unbranched alkanes of at least 4 members (excludes halogenated alkanes) is 1. The van der Waals surface area contributed by atoms with Gasteiger partial charge in [-0.3, -0.25) is 9.69 Å². The van der Waals surface area contributed by atoms with Crippen molar-refractivity contribution in [2.75, 3.05) is 13.1 Å². The van der Waals surface area contributed by atoms with Gasteiger partial charge in [0.25, 0.3) is 0 Å². The topological polar surface area (TPSA) is 102 Å². The van der Waals surface area contributed by atoms with Crippen LogP contribution in [0.25, 0.3) is 22.5 Å². The van der Waals surface area contributed by atoms with E-state index in [9.17, 15) is 4.79 Å². The zero-order valence-electron chi connectivity index (χ0n) is 22.4. The molecule has 0 radical (unpaired) electrons. The van der Waals surface area contributed by atoms with E-state index in [1.54, 1.807) is 0 Å². The molecule has 9 nitrogen and oxygen atoms in total. The van der Waals surface area contributed by atoms with E-state index >= 15 is 0 Å². The third kappa shape index (κ3) is 6.37. The van der Waals surface area contributed by atoms with E-state index < -0.39 is 0 Å². The summed E-state index contributed by atoms with van der Waals surface area (Å²) in [5.74, 6) is 1.24. The van der Waals surface area contributed by atoms with Gasteiger partial charge < -0.3 is 9.30 Å². The first-order valence-electron chi connectivity index (χ1n) is 13.6. The van der Waals surface area contributed by atoms with E-state index in [-0.39, 0.29) is 12.6 Å². The minimum atomic E-state index is -0.229. The minimum Gasteiger partial charge on any atom is -0.458 e. The summed E-state index contributed by atoms with van der Waals surface area (Å²) in [5.41, 5.74) is 4.83. The number of carbonyl (C=O) groups excluding carboxylic acids is 1. The summed E-state index contributed by atoms with van der Waals surface area (Å²) in [7, 11) is 0. The third-order valence-electron chi connectivity index (χ3n) is 7.37. The van der Waals surface area contributed by atoms with Crippen LogP contribution in [0.3, 0.4) is 0 Å². The number of esters is 1. The molecule has 5 rings (SSSR count). The highest BCUT2D eigenvalue weighted by molar-refractivity contribution is 6.30. The van der Waals surface area contributed by atoms with Crippen LogP contribution in [0.1, 0.15) is 56.6 Å². The second-order valence-corrected chi connectivity index (χ2v) is 10.4. The molecule has 2 aromatic heterocycles. The van der Waals surface area contributed by atoms with Crippen LogP contribution < -0.4 is 0 Å². The molecule has 1 saturated heterocycles. The van der Waals surface area contributed by atoms with Crippen LogP contribution in [-0.2, 0) is 29.1 Å². The first-order chi connectivity index (χ1) is 19.0. The Bertz CT molecular complexity index is 1390. The average molecular weight is 548 g/mol. The lowest BCUT2D eigenvalue weighted by molar-refractivity contribution is -0.146. The molecule has 39 heavy (non-hydrogen) atoms. The predicted molar refractivity (Wildman–Crippen MR) is 150 cm³/mol. The van der Waals surface area contributed by atoms with E-state index in [4.69, 9.17) is 16.3 Å². The fraction of sp³-hybridized carbons (Fsp3) is 0.414. The molecule has 0 bridgehead atoms. The van der Waals surface area contributed by atoms with Crippen molar-refractivity contribution in [2.24, 2.45) is 0 Å². The van der Waals surface area contributed by atoms with Gasteiger partial charge in [-0.1, -0.05) is 73.5 Å². The van der Waals surface area contributed by atoms with Crippen molar-refractivity contribution in [3.8, 4) is 22.5 Å². The highest BCUT2D eigenvalue weighted by atomic mass is 35.5. The third-order valence-corrected chi connectivity index (χ3v) is 7.67. The summed E-state index contributed by atoms with van der Waals surface area (Å²) >= 11 is 6.59. The number of carbonyl (C=O) groups is 1. The van der Waals surface area contributed by atoms with E-state index in [0.29, 0.717) is 30.1 Å². The Hall–Kier alpha value is -3.56. The van der Waals surface area contributed by atoms with Crippen LogP contribution >= 0.6 is 11.6 Å². The number of hydrogen-bond acceptors (Lipinski definition) is 7. The molecule has 0 saturated carbocycles. The molecule has 1 aliphatic rings. The number of hydrogen-bond donors (Lipinski definition) is 1. The van der Waals surface area contributed by atoms with Crippen LogP contribution in [0.5, 0.6) is 0 Å². The van der Waals surface area contributed by atoms with Crippen molar-refractivity contribution in [1.82, 2.24) is 35.1 Å². The summed E-state index contributed by atoms with van der Waals surface area (Å²) in [4.78, 5) is 19.4. The van der Waals surface area contributed by atoms with Gasteiger partial charge >= 0.3 is 5.97 Å². The van der Waals surface area contributed by atoms with E-state index in [2.05, 4.69) is 79.3 Å². The SMILES string of the molecule is CCCCc1nc(Cl)c(COC(=O)CN2CCCC2C)n1Cc1ccc(-c2ccccc2-c2nn[nH]n2)cc1. The highest BCUT2D eigenvalue weighted by Gasteiger charge is 2.24. The van der Waals surface area contributed by atoms with Crippen LogP contribution in [0.2, 0.25) is 5.15 Å². The number of ether oxygens (including phenoxy) is 1. The summed E-state index contributed by atoms with van der Waals surface area (Å²) < 4.78 is 7.80. The van der Waals surface area contributed by atoms with Crippen molar-refractivity contribution in [1.29, 1.82) is 0 Å². The number of rotatable bonds is 11. The van der Waals surface area contributed by atoms with Crippen LogP contribution in [0, 0.1) is 0 Å². The molecule has 1 aliphatic heterocycles. The van der Waals surface area contributed by atoms with Gasteiger partial charge in [-0.15, -0.1) is 10.2 Å². The first kappa shape index (κ1) is 27.0. The average Bonchev–Trinajstić information content (AvgIpc) is 3.69. The normalized spacial score (nSPS) is 15.6. The first-order valence-corrected chi connectivity index (χ1v) is 14.0. The lowest BCUT2D eigenvalue weighted by Crippen LogP contribution is -2.33. The number of imidazole rings is 1. The van der Waals surface area contributed by atoms with Crippen molar-refractivity contribution in [3.05, 3.63) is 70.8 Å². The quantitative estimate of drug-likeness (QED) is 0.254. The number of tetrazole rings is 1. The Morgan fingerprint density at radius 1 is 1.15 bits per heavy atom. The molecule has 1 atom stereocenters. The summed E-state index contributed by atoms with van der Waals surface area (Å²) in [6, 6.07) is 16.8. The number of halogens is 1. The second-order valence-electron chi connectivity index (χ2n) is 10.1. The lowest BCUT2D eigenvalue weighted by atomic mass is 9.98. The molecule has 1 unspecified atom stereocenters. The predicted octanol–water partition coefficient (Wildman–Crippen LogP) is 5.30. The smallest absolute Gasteiger partial charge is 0.320 e. The Balaban J connectivity index is 1.34. The van der Waals surface area contributed by atoms with Crippen molar-refractivity contribution >= 4 is 17.6 Å². The van der Waals surface area contributed by atoms with Crippen molar-refractivity contribution in [3.63, 3.8) is 0 Å². The van der Waals surface area contributed by atoms with Gasteiger partial charge in [0.15, 0.2) is 5.15 Å². The maximum absolute atomic E-state index is 12.6. The van der Waals surface area contributed by atoms with Gasteiger partial charge in [-0.05, 0) is 54.6 Å². The molecule has 0 amide bonds. The Morgan fingerprint density at radius 2 is 1.95 bits per heavy atom. The lowest BCUT2D eigenvalue weighted by Gasteiger charge is -2.20. The number of aryl methyl sites for hydroxylation is 1. The number of benzene rings is 2. The molecule has 1 N–H and O–H groups in total. The van der Waals surface area contributed by atoms with Gasteiger partial charge in [0.05, 0.1) is 12.2 Å². The monoisotopic (exact) mass is 547 g/mol.